The first-order valence-corrected chi connectivity index (χ1v) is 6.67. The van der Waals surface area contributed by atoms with E-state index in [-0.39, 0.29) is 0 Å². The van der Waals surface area contributed by atoms with Crippen LogP contribution in [0.15, 0.2) is 12.3 Å². The maximum Gasteiger partial charge on any atom is 0.147 e. The van der Waals surface area contributed by atoms with Gasteiger partial charge < -0.3 is 15.5 Å². The number of hydrogen-bond acceptors (Lipinski definition) is 4. The molecular weight excluding hydrogens is 248 g/mol. The fourth-order valence-electron chi connectivity index (χ4n) is 2.64. The number of pyridine rings is 1. The van der Waals surface area contributed by atoms with Crippen LogP contribution in [0.3, 0.4) is 0 Å². The third-order valence-electron chi connectivity index (χ3n) is 3.71. The van der Waals surface area contributed by atoms with Gasteiger partial charge in [0.1, 0.15) is 5.82 Å². The Morgan fingerprint density at radius 1 is 1.50 bits per heavy atom. The number of nitrogens with two attached hydrogens (primary N) is 1. The summed E-state index contributed by atoms with van der Waals surface area (Å²) < 4.78 is 0. The lowest BCUT2D eigenvalue weighted by atomic mass is 10.1. The first-order chi connectivity index (χ1) is 8.54. The third kappa shape index (κ3) is 2.46. The van der Waals surface area contributed by atoms with Gasteiger partial charge in [-0.25, -0.2) is 4.98 Å². The van der Waals surface area contributed by atoms with Crippen molar-refractivity contribution in [1.29, 1.82) is 0 Å². The second kappa shape index (κ2) is 5.43. The summed E-state index contributed by atoms with van der Waals surface area (Å²) in [6.07, 6.45) is 1.79. The number of hydrogen-bond donors (Lipinski definition) is 1. The number of halogens is 1. The molecule has 0 bridgehead atoms. The van der Waals surface area contributed by atoms with E-state index in [1.807, 2.05) is 6.07 Å². The number of nitrogens with zero attached hydrogens (tertiary/aromatic N) is 3. The molecular formula is C13H21ClN4. The molecule has 2 heterocycles. The van der Waals surface area contributed by atoms with Gasteiger partial charge in [0, 0.05) is 31.9 Å². The molecule has 0 spiro atoms. The van der Waals surface area contributed by atoms with Gasteiger partial charge >= 0.3 is 0 Å². The minimum Gasteiger partial charge on any atom is -0.353 e. The fraction of sp³-hybridized carbons (Fsp3) is 0.615. The standard InChI is InChI=1S/C13H21ClN4/c1-9-7-18(8-11(9)17(2)3)13-12(14)10(6-15)4-5-16-13/h4-5,9,11H,6-8,15H2,1-3H3. The van der Waals surface area contributed by atoms with Crippen LogP contribution in [0, 0.1) is 5.92 Å². The predicted octanol–water partition coefficient (Wildman–Crippen LogP) is 1.58. The molecule has 0 radical (unpaired) electrons. The largest absolute Gasteiger partial charge is 0.353 e. The quantitative estimate of drug-likeness (QED) is 0.904. The van der Waals surface area contributed by atoms with Crippen molar-refractivity contribution >= 4 is 17.4 Å². The Morgan fingerprint density at radius 2 is 2.22 bits per heavy atom. The summed E-state index contributed by atoms with van der Waals surface area (Å²) >= 11 is 6.37. The summed E-state index contributed by atoms with van der Waals surface area (Å²) in [4.78, 5) is 8.95. The highest BCUT2D eigenvalue weighted by molar-refractivity contribution is 6.33. The normalized spacial score (nSPS) is 24.0. The van der Waals surface area contributed by atoms with Crippen molar-refractivity contribution in [2.24, 2.45) is 11.7 Å². The zero-order valence-corrected chi connectivity index (χ0v) is 12.0. The molecule has 0 saturated carbocycles. The minimum atomic E-state index is 0.453. The van der Waals surface area contributed by atoms with Crippen LogP contribution >= 0.6 is 11.6 Å². The first kappa shape index (κ1) is 13.6. The summed E-state index contributed by atoms with van der Waals surface area (Å²) in [7, 11) is 4.24. The van der Waals surface area contributed by atoms with Crippen molar-refractivity contribution < 1.29 is 0 Å². The van der Waals surface area contributed by atoms with Gasteiger partial charge in [0.2, 0.25) is 0 Å². The molecule has 2 rings (SSSR count). The Kier molecular flexibility index (Phi) is 4.10. The van der Waals surface area contributed by atoms with E-state index in [0.717, 1.165) is 24.5 Å². The van der Waals surface area contributed by atoms with Gasteiger partial charge in [-0.1, -0.05) is 18.5 Å². The summed E-state index contributed by atoms with van der Waals surface area (Å²) in [5.41, 5.74) is 6.64. The van der Waals surface area contributed by atoms with Gasteiger partial charge in [-0.3, -0.25) is 0 Å². The Labute approximate surface area is 114 Å². The molecule has 5 heteroatoms. The van der Waals surface area contributed by atoms with Gasteiger partial charge in [0.15, 0.2) is 0 Å². The van der Waals surface area contributed by atoms with Crippen molar-refractivity contribution in [2.75, 3.05) is 32.1 Å². The predicted molar refractivity (Wildman–Crippen MR) is 76.0 cm³/mol. The molecule has 0 amide bonds. The molecule has 4 nitrogen and oxygen atoms in total. The first-order valence-electron chi connectivity index (χ1n) is 6.29. The highest BCUT2D eigenvalue weighted by Crippen LogP contribution is 2.31. The topological polar surface area (TPSA) is 45.4 Å². The van der Waals surface area contributed by atoms with E-state index >= 15 is 0 Å². The van der Waals surface area contributed by atoms with Crippen molar-refractivity contribution in [2.45, 2.75) is 19.5 Å². The Morgan fingerprint density at radius 3 is 2.78 bits per heavy atom. The number of likely N-dealkylation sites (N-methyl/N-ethyl adjacent to an activating group) is 1. The smallest absolute Gasteiger partial charge is 0.147 e. The molecule has 1 aromatic rings. The number of aromatic nitrogens is 1. The van der Waals surface area contributed by atoms with Gasteiger partial charge in [0.25, 0.3) is 0 Å². The lowest BCUT2D eigenvalue weighted by molar-refractivity contribution is 0.266. The second-order valence-corrected chi connectivity index (χ2v) is 5.60. The summed E-state index contributed by atoms with van der Waals surface area (Å²) in [6, 6.07) is 2.43. The van der Waals surface area contributed by atoms with E-state index < -0.39 is 0 Å². The van der Waals surface area contributed by atoms with E-state index in [2.05, 4.69) is 35.8 Å². The zero-order valence-electron chi connectivity index (χ0n) is 11.2. The van der Waals surface area contributed by atoms with Crippen molar-refractivity contribution in [3.8, 4) is 0 Å². The molecule has 1 aromatic heterocycles. The molecule has 2 unspecified atom stereocenters. The van der Waals surface area contributed by atoms with Crippen LogP contribution in [-0.4, -0.2) is 43.1 Å². The van der Waals surface area contributed by atoms with Crippen molar-refractivity contribution in [1.82, 2.24) is 9.88 Å². The van der Waals surface area contributed by atoms with E-state index in [1.54, 1.807) is 6.20 Å². The molecule has 2 atom stereocenters. The monoisotopic (exact) mass is 268 g/mol. The van der Waals surface area contributed by atoms with E-state index in [4.69, 9.17) is 17.3 Å². The molecule has 1 saturated heterocycles. The molecule has 1 aliphatic heterocycles. The fourth-order valence-corrected chi connectivity index (χ4v) is 2.95. The van der Waals surface area contributed by atoms with Crippen LogP contribution in [0.1, 0.15) is 12.5 Å². The molecule has 18 heavy (non-hydrogen) atoms. The summed E-state index contributed by atoms with van der Waals surface area (Å²) in [6.45, 7) is 4.68. The Balaban J connectivity index is 2.24. The molecule has 0 aliphatic carbocycles. The zero-order chi connectivity index (χ0) is 13.3. The van der Waals surface area contributed by atoms with E-state index in [1.165, 1.54) is 0 Å². The van der Waals surface area contributed by atoms with Crippen LogP contribution in [0.4, 0.5) is 5.82 Å². The third-order valence-corrected chi connectivity index (χ3v) is 4.12. The maximum atomic E-state index is 6.37. The van der Waals surface area contributed by atoms with E-state index in [9.17, 15) is 0 Å². The average molecular weight is 269 g/mol. The Hall–Kier alpha value is -0.840. The highest BCUT2D eigenvalue weighted by Gasteiger charge is 2.32. The van der Waals surface area contributed by atoms with Gasteiger partial charge in [-0.2, -0.15) is 0 Å². The van der Waals surface area contributed by atoms with Crippen molar-refractivity contribution in [3.05, 3.63) is 22.8 Å². The van der Waals surface area contributed by atoms with Gasteiger partial charge in [-0.05, 0) is 31.6 Å². The lowest BCUT2D eigenvalue weighted by Gasteiger charge is -2.23. The summed E-state index contributed by atoms with van der Waals surface area (Å²) in [5.74, 6) is 1.48. The Bertz CT molecular complexity index is 421. The van der Waals surface area contributed by atoms with Gasteiger partial charge in [-0.15, -0.1) is 0 Å². The maximum absolute atomic E-state index is 6.37. The second-order valence-electron chi connectivity index (χ2n) is 5.23. The molecule has 1 aliphatic rings. The van der Waals surface area contributed by atoms with Crippen LogP contribution in [0.25, 0.3) is 0 Å². The van der Waals surface area contributed by atoms with Crippen molar-refractivity contribution in [3.63, 3.8) is 0 Å². The lowest BCUT2D eigenvalue weighted by Crippen LogP contribution is -2.34. The average Bonchev–Trinajstić information content (AvgIpc) is 2.71. The van der Waals surface area contributed by atoms with Crippen LogP contribution in [-0.2, 0) is 6.54 Å². The molecule has 100 valence electrons. The van der Waals surface area contributed by atoms with E-state index in [0.29, 0.717) is 23.5 Å². The number of anilines is 1. The van der Waals surface area contributed by atoms with Crippen LogP contribution < -0.4 is 10.6 Å². The number of rotatable bonds is 3. The molecule has 2 N–H and O–H groups in total. The summed E-state index contributed by atoms with van der Waals surface area (Å²) in [5, 5.41) is 0.701. The minimum absolute atomic E-state index is 0.453. The van der Waals surface area contributed by atoms with Gasteiger partial charge in [0.05, 0.1) is 5.02 Å². The SMILES string of the molecule is CC1CN(c2nccc(CN)c2Cl)CC1N(C)C. The highest BCUT2D eigenvalue weighted by atomic mass is 35.5. The molecule has 0 aromatic carbocycles. The molecule has 1 fully saturated rings. The van der Waals surface area contributed by atoms with Crippen LogP contribution in [0.5, 0.6) is 0 Å². The van der Waals surface area contributed by atoms with Crippen LogP contribution in [0.2, 0.25) is 5.02 Å².